The minimum absolute atomic E-state index is 0.681. The quantitative estimate of drug-likeness (QED) is 0.511. The van der Waals surface area contributed by atoms with Crippen molar-refractivity contribution >= 4 is 0 Å². The van der Waals surface area contributed by atoms with Crippen LogP contribution in [0.3, 0.4) is 0 Å². The van der Waals surface area contributed by atoms with E-state index in [0.717, 1.165) is 23.7 Å². The Hall–Kier alpha value is -0.0400. The van der Waals surface area contributed by atoms with Gasteiger partial charge in [-0.2, -0.15) is 0 Å². The van der Waals surface area contributed by atoms with Crippen molar-refractivity contribution in [1.82, 2.24) is 0 Å². The first-order chi connectivity index (χ1) is 4.42. The highest BCUT2D eigenvalue weighted by Crippen LogP contribution is 2.71. The normalized spacial score (nSPS) is 67.0. The van der Waals surface area contributed by atoms with Crippen LogP contribution in [-0.2, 0) is 4.74 Å². The Morgan fingerprint density at radius 3 is 2.11 bits per heavy atom. The summed E-state index contributed by atoms with van der Waals surface area (Å²) < 4.78 is 5.42. The maximum atomic E-state index is 5.42. The third-order valence-electron chi connectivity index (χ3n) is 3.66. The zero-order valence-electron chi connectivity index (χ0n) is 5.71. The van der Waals surface area contributed by atoms with Crippen LogP contribution in [0, 0.1) is 23.7 Å². The summed E-state index contributed by atoms with van der Waals surface area (Å²) in [6.07, 6.45) is 3.67. The smallest absolute Gasteiger partial charge is 0.0633 e. The highest BCUT2D eigenvalue weighted by Gasteiger charge is 2.68. The predicted octanol–water partition coefficient (Wildman–Crippen LogP) is 1.29. The summed E-state index contributed by atoms with van der Waals surface area (Å²) in [5.74, 6) is 4.20. The molecule has 1 heteroatoms. The van der Waals surface area contributed by atoms with Gasteiger partial charge in [-0.15, -0.1) is 0 Å². The summed E-state index contributed by atoms with van der Waals surface area (Å²) in [4.78, 5) is 0. The van der Waals surface area contributed by atoms with Gasteiger partial charge in [0.25, 0.3) is 0 Å². The van der Waals surface area contributed by atoms with Gasteiger partial charge in [-0.25, -0.2) is 0 Å². The van der Waals surface area contributed by atoms with Gasteiger partial charge in [0.05, 0.1) is 6.10 Å². The zero-order valence-corrected chi connectivity index (χ0v) is 5.71. The monoisotopic (exact) mass is 124 g/mol. The Morgan fingerprint density at radius 1 is 1.22 bits per heavy atom. The lowest BCUT2D eigenvalue weighted by Gasteiger charge is -2.10. The molecular formula is C8H12O. The zero-order chi connectivity index (χ0) is 6.01. The minimum Gasteiger partial charge on any atom is -0.381 e. The Kier molecular flexibility index (Phi) is 0.628. The van der Waals surface area contributed by atoms with Gasteiger partial charge in [-0.3, -0.25) is 0 Å². The first kappa shape index (κ1) is 4.73. The van der Waals surface area contributed by atoms with E-state index in [4.69, 9.17) is 4.74 Å². The van der Waals surface area contributed by atoms with E-state index in [1.54, 1.807) is 0 Å². The number of hydrogen-bond donors (Lipinski definition) is 0. The van der Waals surface area contributed by atoms with Crippen LogP contribution >= 0.6 is 0 Å². The average molecular weight is 124 g/mol. The van der Waals surface area contributed by atoms with E-state index in [1.165, 1.54) is 12.8 Å². The molecule has 3 atom stereocenters. The van der Waals surface area contributed by atoms with Crippen molar-refractivity contribution in [1.29, 1.82) is 0 Å². The van der Waals surface area contributed by atoms with Gasteiger partial charge >= 0.3 is 0 Å². The standard InChI is InChI=1S/C8H12O/c1-9-8-4-2-5-6(3-4)7(5)8/h4-8H,2-3H2,1H3. The molecule has 0 amide bonds. The number of rotatable bonds is 1. The van der Waals surface area contributed by atoms with Crippen LogP contribution in [0.15, 0.2) is 0 Å². The summed E-state index contributed by atoms with van der Waals surface area (Å²) in [6.45, 7) is 0. The van der Waals surface area contributed by atoms with E-state index in [0.29, 0.717) is 6.10 Å². The lowest BCUT2D eigenvalue weighted by Crippen LogP contribution is -2.13. The second-order valence-corrected chi connectivity index (χ2v) is 3.84. The van der Waals surface area contributed by atoms with Gasteiger partial charge in [0, 0.05) is 7.11 Å². The fourth-order valence-corrected chi connectivity index (χ4v) is 3.35. The van der Waals surface area contributed by atoms with Gasteiger partial charge < -0.3 is 4.74 Å². The van der Waals surface area contributed by atoms with Crippen LogP contribution in [-0.4, -0.2) is 13.2 Å². The van der Waals surface area contributed by atoms with Crippen LogP contribution in [0.2, 0.25) is 0 Å². The summed E-state index contributed by atoms with van der Waals surface area (Å²) in [5, 5.41) is 0. The second-order valence-electron chi connectivity index (χ2n) is 3.84. The van der Waals surface area contributed by atoms with Crippen LogP contribution < -0.4 is 0 Å². The molecule has 0 aromatic carbocycles. The molecule has 4 saturated carbocycles. The third-order valence-corrected chi connectivity index (χ3v) is 3.66. The number of methoxy groups -OCH3 is 1. The molecule has 1 nitrogen and oxygen atoms in total. The van der Waals surface area contributed by atoms with Gasteiger partial charge in [0.2, 0.25) is 0 Å². The first-order valence-electron chi connectivity index (χ1n) is 3.94. The van der Waals surface area contributed by atoms with Crippen molar-refractivity contribution in [2.24, 2.45) is 23.7 Å². The van der Waals surface area contributed by atoms with Gasteiger partial charge in [-0.05, 0) is 36.5 Å². The van der Waals surface area contributed by atoms with Crippen molar-refractivity contribution in [3.8, 4) is 0 Å². The Bertz CT molecular complexity index is 141. The highest BCUT2D eigenvalue weighted by atomic mass is 16.5. The number of hydrogen-bond acceptors (Lipinski definition) is 1. The van der Waals surface area contributed by atoms with Crippen molar-refractivity contribution in [2.75, 3.05) is 7.11 Å². The molecule has 9 heavy (non-hydrogen) atoms. The van der Waals surface area contributed by atoms with E-state index >= 15 is 0 Å². The van der Waals surface area contributed by atoms with Crippen LogP contribution in [0.25, 0.3) is 0 Å². The van der Waals surface area contributed by atoms with Crippen LogP contribution in [0.4, 0.5) is 0 Å². The first-order valence-corrected chi connectivity index (χ1v) is 3.94. The van der Waals surface area contributed by atoms with Crippen molar-refractivity contribution in [3.05, 3.63) is 0 Å². The molecule has 4 aliphatic carbocycles. The largest absolute Gasteiger partial charge is 0.381 e. The van der Waals surface area contributed by atoms with Gasteiger partial charge in [0.15, 0.2) is 0 Å². The molecule has 0 aromatic rings. The minimum atomic E-state index is 0.681. The molecule has 3 unspecified atom stereocenters. The van der Waals surface area contributed by atoms with Crippen LogP contribution in [0.5, 0.6) is 0 Å². The molecule has 0 aromatic heterocycles. The molecule has 0 radical (unpaired) electrons. The SMILES string of the molecule is COC1C2CC3C(C2)C31. The molecule has 50 valence electrons. The van der Waals surface area contributed by atoms with Crippen molar-refractivity contribution < 1.29 is 4.74 Å². The van der Waals surface area contributed by atoms with Crippen molar-refractivity contribution in [2.45, 2.75) is 18.9 Å². The fourth-order valence-electron chi connectivity index (χ4n) is 3.35. The molecule has 0 aliphatic heterocycles. The van der Waals surface area contributed by atoms with E-state index in [-0.39, 0.29) is 0 Å². The number of ether oxygens (including phenoxy) is 1. The second kappa shape index (κ2) is 1.20. The molecule has 0 N–H and O–H groups in total. The topological polar surface area (TPSA) is 9.23 Å². The van der Waals surface area contributed by atoms with E-state index in [2.05, 4.69) is 0 Å². The lowest BCUT2D eigenvalue weighted by atomic mass is 10.1. The molecule has 0 spiro atoms. The third kappa shape index (κ3) is 0.362. The van der Waals surface area contributed by atoms with E-state index in [1.807, 2.05) is 7.11 Å². The lowest BCUT2D eigenvalue weighted by molar-refractivity contribution is 0.0721. The Labute approximate surface area is 55.4 Å². The Balaban J connectivity index is 1.95. The molecule has 4 bridgehead atoms. The molecular weight excluding hydrogens is 112 g/mol. The summed E-state index contributed by atoms with van der Waals surface area (Å²) in [5.41, 5.74) is 0. The maximum Gasteiger partial charge on any atom is 0.0633 e. The average Bonchev–Trinajstić information content (AvgIpc) is 2.40. The molecule has 0 saturated heterocycles. The summed E-state index contributed by atoms with van der Waals surface area (Å²) in [7, 11) is 1.88. The van der Waals surface area contributed by atoms with Gasteiger partial charge in [0.1, 0.15) is 0 Å². The summed E-state index contributed by atoms with van der Waals surface area (Å²) in [6, 6.07) is 0. The summed E-state index contributed by atoms with van der Waals surface area (Å²) >= 11 is 0. The molecule has 0 heterocycles. The fraction of sp³-hybridized carbons (Fsp3) is 1.00. The van der Waals surface area contributed by atoms with Gasteiger partial charge in [-0.1, -0.05) is 0 Å². The maximum absolute atomic E-state index is 5.42. The van der Waals surface area contributed by atoms with E-state index < -0.39 is 0 Å². The highest BCUT2D eigenvalue weighted by molar-refractivity contribution is 5.17. The molecule has 4 fully saturated rings. The molecule has 4 aliphatic rings. The molecule has 4 rings (SSSR count). The Morgan fingerprint density at radius 2 is 1.89 bits per heavy atom. The van der Waals surface area contributed by atoms with E-state index in [9.17, 15) is 0 Å². The van der Waals surface area contributed by atoms with Crippen molar-refractivity contribution in [3.63, 3.8) is 0 Å². The van der Waals surface area contributed by atoms with Crippen LogP contribution in [0.1, 0.15) is 12.8 Å². The predicted molar refractivity (Wildman–Crippen MR) is 34.0 cm³/mol.